The summed E-state index contributed by atoms with van der Waals surface area (Å²) >= 11 is 0. The summed E-state index contributed by atoms with van der Waals surface area (Å²) in [7, 11) is 0. The standard InChI is InChI=1S/C6H15NO5/c7-1-2-10-3-4-11-12-6(9)5-8/h6,8-9H,1-5,7H2. The van der Waals surface area contributed by atoms with E-state index < -0.39 is 12.9 Å². The van der Waals surface area contributed by atoms with Crippen LogP contribution in [-0.4, -0.2) is 49.5 Å². The summed E-state index contributed by atoms with van der Waals surface area (Å²) in [6.07, 6.45) is -1.29. The number of ether oxygens (including phenoxy) is 1. The summed E-state index contributed by atoms with van der Waals surface area (Å²) in [6.45, 7) is 0.960. The lowest BCUT2D eigenvalue weighted by Gasteiger charge is -2.07. The Labute approximate surface area is 70.8 Å². The monoisotopic (exact) mass is 181 g/mol. The third kappa shape index (κ3) is 7.86. The molecule has 0 spiro atoms. The van der Waals surface area contributed by atoms with Crippen LogP contribution in [-0.2, 0) is 14.5 Å². The van der Waals surface area contributed by atoms with Crippen molar-refractivity contribution in [3.8, 4) is 0 Å². The molecule has 1 atom stereocenters. The van der Waals surface area contributed by atoms with E-state index in [1.54, 1.807) is 0 Å². The molecule has 0 aromatic carbocycles. The number of hydrogen-bond donors (Lipinski definition) is 3. The van der Waals surface area contributed by atoms with Crippen molar-refractivity contribution < 1.29 is 24.7 Å². The number of hydrogen-bond acceptors (Lipinski definition) is 6. The van der Waals surface area contributed by atoms with Crippen molar-refractivity contribution in [1.82, 2.24) is 0 Å². The van der Waals surface area contributed by atoms with Crippen LogP contribution >= 0.6 is 0 Å². The summed E-state index contributed by atoms with van der Waals surface area (Å²) in [4.78, 5) is 8.72. The van der Waals surface area contributed by atoms with E-state index in [1.807, 2.05) is 0 Å². The quantitative estimate of drug-likeness (QED) is 0.177. The van der Waals surface area contributed by atoms with Gasteiger partial charge < -0.3 is 20.7 Å². The number of aliphatic hydroxyl groups is 2. The Balaban J connectivity index is 2.90. The van der Waals surface area contributed by atoms with Crippen LogP contribution < -0.4 is 5.73 Å². The summed E-state index contributed by atoms with van der Waals surface area (Å²) in [5.41, 5.74) is 5.14. The predicted molar refractivity (Wildman–Crippen MR) is 40.0 cm³/mol. The Bertz CT molecular complexity index is 92.0. The number of rotatable bonds is 8. The first-order chi connectivity index (χ1) is 5.81. The van der Waals surface area contributed by atoms with E-state index in [9.17, 15) is 0 Å². The molecule has 74 valence electrons. The lowest BCUT2D eigenvalue weighted by Crippen LogP contribution is -2.19. The average molecular weight is 181 g/mol. The maximum atomic E-state index is 8.60. The summed E-state index contributed by atoms with van der Waals surface area (Å²) in [5, 5.41) is 16.9. The molecule has 12 heavy (non-hydrogen) atoms. The van der Waals surface area contributed by atoms with E-state index in [1.165, 1.54) is 0 Å². The molecule has 0 aliphatic heterocycles. The van der Waals surface area contributed by atoms with E-state index in [0.29, 0.717) is 19.8 Å². The molecular weight excluding hydrogens is 166 g/mol. The SMILES string of the molecule is NCCOCCOOC(O)CO. The Kier molecular flexibility index (Phi) is 8.68. The molecule has 0 heterocycles. The van der Waals surface area contributed by atoms with Crippen LogP contribution in [0, 0.1) is 0 Å². The number of nitrogens with two attached hydrogens (primary N) is 1. The molecule has 0 saturated carbocycles. The van der Waals surface area contributed by atoms with Crippen LogP contribution in [0.5, 0.6) is 0 Å². The highest BCUT2D eigenvalue weighted by Crippen LogP contribution is 1.86. The van der Waals surface area contributed by atoms with Gasteiger partial charge in [-0.15, -0.1) is 0 Å². The minimum absolute atomic E-state index is 0.192. The van der Waals surface area contributed by atoms with Crippen molar-refractivity contribution >= 4 is 0 Å². The molecule has 0 aliphatic rings. The molecule has 0 fully saturated rings. The topological polar surface area (TPSA) is 94.2 Å². The predicted octanol–water partition coefficient (Wildman–Crippen LogP) is -1.78. The van der Waals surface area contributed by atoms with Gasteiger partial charge in [0.2, 0.25) is 6.29 Å². The third-order valence-electron chi connectivity index (χ3n) is 0.908. The second-order valence-corrected chi connectivity index (χ2v) is 1.96. The fourth-order valence-corrected chi connectivity index (χ4v) is 0.435. The van der Waals surface area contributed by atoms with Crippen LogP contribution in [0.15, 0.2) is 0 Å². The van der Waals surface area contributed by atoms with Gasteiger partial charge >= 0.3 is 0 Å². The van der Waals surface area contributed by atoms with E-state index in [4.69, 9.17) is 20.7 Å². The van der Waals surface area contributed by atoms with Gasteiger partial charge in [0, 0.05) is 6.54 Å². The van der Waals surface area contributed by atoms with Crippen molar-refractivity contribution in [2.75, 3.05) is 33.0 Å². The van der Waals surface area contributed by atoms with E-state index >= 15 is 0 Å². The zero-order valence-corrected chi connectivity index (χ0v) is 6.81. The second kappa shape index (κ2) is 8.85. The van der Waals surface area contributed by atoms with Gasteiger partial charge in [-0.05, 0) is 0 Å². The molecule has 0 bridgehead atoms. The van der Waals surface area contributed by atoms with Gasteiger partial charge in [-0.3, -0.25) is 0 Å². The molecule has 0 aromatic heterocycles. The van der Waals surface area contributed by atoms with Gasteiger partial charge in [-0.25, -0.2) is 9.78 Å². The van der Waals surface area contributed by atoms with Crippen LogP contribution in [0.4, 0.5) is 0 Å². The molecule has 0 amide bonds. The fourth-order valence-electron chi connectivity index (χ4n) is 0.435. The van der Waals surface area contributed by atoms with Crippen molar-refractivity contribution in [1.29, 1.82) is 0 Å². The van der Waals surface area contributed by atoms with Gasteiger partial charge in [0.05, 0.1) is 19.8 Å². The highest BCUT2D eigenvalue weighted by atomic mass is 17.2. The summed E-state index contributed by atoms with van der Waals surface area (Å²) < 4.78 is 4.92. The molecule has 6 heteroatoms. The Morgan fingerprint density at radius 1 is 1.25 bits per heavy atom. The van der Waals surface area contributed by atoms with Gasteiger partial charge in [-0.2, -0.15) is 0 Å². The minimum Gasteiger partial charge on any atom is -0.391 e. The average Bonchev–Trinajstić information content (AvgIpc) is 2.10. The summed E-state index contributed by atoms with van der Waals surface area (Å²) in [5.74, 6) is 0. The van der Waals surface area contributed by atoms with E-state index in [0.717, 1.165) is 0 Å². The zero-order valence-electron chi connectivity index (χ0n) is 6.81. The van der Waals surface area contributed by atoms with Gasteiger partial charge in [-0.1, -0.05) is 0 Å². The maximum Gasteiger partial charge on any atom is 0.212 e. The van der Waals surface area contributed by atoms with Crippen molar-refractivity contribution in [3.63, 3.8) is 0 Å². The summed E-state index contributed by atoms with van der Waals surface area (Å²) in [6, 6.07) is 0. The van der Waals surface area contributed by atoms with Crippen molar-refractivity contribution in [2.24, 2.45) is 5.73 Å². The molecule has 0 rings (SSSR count). The first-order valence-corrected chi connectivity index (χ1v) is 3.66. The molecule has 0 radical (unpaired) electrons. The zero-order chi connectivity index (χ0) is 9.23. The van der Waals surface area contributed by atoms with Crippen LogP contribution in [0.2, 0.25) is 0 Å². The van der Waals surface area contributed by atoms with Gasteiger partial charge in [0.1, 0.15) is 6.61 Å². The molecule has 6 nitrogen and oxygen atoms in total. The minimum atomic E-state index is -1.29. The largest absolute Gasteiger partial charge is 0.391 e. The molecule has 0 aromatic rings. The smallest absolute Gasteiger partial charge is 0.212 e. The van der Waals surface area contributed by atoms with Crippen LogP contribution in [0.1, 0.15) is 0 Å². The fraction of sp³-hybridized carbons (Fsp3) is 1.00. The highest BCUT2D eigenvalue weighted by Gasteiger charge is 2.00. The van der Waals surface area contributed by atoms with Gasteiger partial charge in [0.15, 0.2) is 0 Å². The highest BCUT2D eigenvalue weighted by molar-refractivity contribution is 4.31. The van der Waals surface area contributed by atoms with Crippen molar-refractivity contribution in [3.05, 3.63) is 0 Å². The lowest BCUT2D eigenvalue weighted by molar-refractivity contribution is -0.376. The number of aliphatic hydroxyl groups excluding tert-OH is 2. The molecular formula is C6H15NO5. The molecule has 4 N–H and O–H groups in total. The normalized spacial score (nSPS) is 13.2. The Morgan fingerprint density at radius 3 is 2.58 bits per heavy atom. The van der Waals surface area contributed by atoms with Crippen LogP contribution in [0.25, 0.3) is 0 Å². The van der Waals surface area contributed by atoms with Crippen LogP contribution in [0.3, 0.4) is 0 Å². The Morgan fingerprint density at radius 2 is 2.00 bits per heavy atom. The molecule has 0 saturated heterocycles. The first-order valence-electron chi connectivity index (χ1n) is 3.66. The second-order valence-electron chi connectivity index (χ2n) is 1.96. The molecule has 1 unspecified atom stereocenters. The Hall–Kier alpha value is -0.240. The maximum absolute atomic E-state index is 8.60. The van der Waals surface area contributed by atoms with Crippen molar-refractivity contribution in [2.45, 2.75) is 6.29 Å². The van der Waals surface area contributed by atoms with E-state index in [-0.39, 0.29) is 6.61 Å². The van der Waals surface area contributed by atoms with Gasteiger partial charge in [0.25, 0.3) is 0 Å². The first kappa shape index (κ1) is 11.8. The lowest BCUT2D eigenvalue weighted by atomic mass is 10.7. The van der Waals surface area contributed by atoms with E-state index in [2.05, 4.69) is 9.78 Å². The molecule has 0 aliphatic carbocycles. The third-order valence-corrected chi connectivity index (χ3v) is 0.908.